The SMILES string of the molecule is CNC(=O)c1cc(C(=O)NCCC[C@H]2CNCCO2)cc(Cc2cccc3[nH]ccc23)n1. The third kappa shape index (κ3) is 5.33. The van der Waals surface area contributed by atoms with Gasteiger partial charge >= 0.3 is 0 Å². The second-order valence-corrected chi connectivity index (χ2v) is 7.94. The zero-order chi connectivity index (χ0) is 22.3. The standard InChI is InChI=1S/C24H29N5O3/c1-25-24(31)22-14-17(23(30)28-8-3-5-19-15-26-10-11-32-19)13-18(29-22)12-16-4-2-6-21-20(16)7-9-27-21/h2,4,6-7,9,13-14,19,26-27H,3,5,8,10-12,15H2,1H3,(H,25,31)(H,28,30)/t19-/m0/s1. The lowest BCUT2D eigenvalue weighted by Crippen LogP contribution is -2.38. The van der Waals surface area contributed by atoms with E-state index < -0.39 is 0 Å². The van der Waals surface area contributed by atoms with Crippen LogP contribution in [0.2, 0.25) is 0 Å². The number of aromatic amines is 1. The molecule has 0 saturated carbocycles. The predicted molar refractivity (Wildman–Crippen MR) is 123 cm³/mol. The van der Waals surface area contributed by atoms with E-state index in [-0.39, 0.29) is 23.6 Å². The molecule has 2 aromatic heterocycles. The summed E-state index contributed by atoms with van der Waals surface area (Å²) in [6.45, 7) is 3.03. The Morgan fingerprint density at radius 1 is 1.22 bits per heavy atom. The maximum Gasteiger partial charge on any atom is 0.269 e. The molecule has 2 amide bonds. The van der Waals surface area contributed by atoms with E-state index in [0.717, 1.165) is 49.0 Å². The molecule has 0 unspecified atom stereocenters. The molecule has 0 spiro atoms. The number of rotatable bonds is 8. The number of fused-ring (bicyclic) bond motifs is 1. The second kappa shape index (κ2) is 10.4. The first-order chi connectivity index (χ1) is 15.6. The van der Waals surface area contributed by atoms with E-state index in [0.29, 0.717) is 24.2 Å². The molecule has 1 aromatic carbocycles. The fraction of sp³-hybridized carbons (Fsp3) is 0.375. The summed E-state index contributed by atoms with van der Waals surface area (Å²) in [7, 11) is 1.55. The molecule has 1 aliphatic heterocycles. The van der Waals surface area contributed by atoms with Gasteiger partial charge in [-0.25, -0.2) is 4.98 Å². The molecule has 1 aliphatic rings. The van der Waals surface area contributed by atoms with Gasteiger partial charge in [-0.2, -0.15) is 0 Å². The minimum atomic E-state index is -0.317. The molecule has 168 valence electrons. The summed E-state index contributed by atoms with van der Waals surface area (Å²) in [4.78, 5) is 32.8. The molecule has 1 fully saturated rings. The highest BCUT2D eigenvalue weighted by Gasteiger charge is 2.16. The number of hydrogen-bond acceptors (Lipinski definition) is 5. The number of carbonyl (C=O) groups excluding carboxylic acids is 2. The molecule has 8 heteroatoms. The lowest BCUT2D eigenvalue weighted by molar-refractivity contribution is 0.0225. The Balaban J connectivity index is 1.46. The van der Waals surface area contributed by atoms with Gasteiger partial charge in [0.2, 0.25) is 0 Å². The number of benzene rings is 1. The van der Waals surface area contributed by atoms with E-state index >= 15 is 0 Å². The zero-order valence-corrected chi connectivity index (χ0v) is 18.2. The highest BCUT2D eigenvalue weighted by Crippen LogP contribution is 2.21. The van der Waals surface area contributed by atoms with Crippen molar-refractivity contribution in [1.82, 2.24) is 25.9 Å². The van der Waals surface area contributed by atoms with Crippen molar-refractivity contribution in [3.63, 3.8) is 0 Å². The van der Waals surface area contributed by atoms with E-state index in [2.05, 4.69) is 25.9 Å². The predicted octanol–water partition coefficient (Wildman–Crippen LogP) is 2.01. The molecule has 4 N–H and O–H groups in total. The second-order valence-electron chi connectivity index (χ2n) is 7.94. The Bertz CT molecular complexity index is 1090. The quantitative estimate of drug-likeness (QED) is 0.405. The Labute approximate surface area is 187 Å². The average molecular weight is 436 g/mol. The molecule has 0 bridgehead atoms. The number of amides is 2. The van der Waals surface area contributed by atoms with Crippen LogP contribution < -0.4 is 16.0 Å². The number of aromatic nitrogens is 2. The Morgan fingerprint density at radius 3 is 2.94 bits per heavy atom. The van der Waals surface area contributed by atoms with E-state index in [1.54, 1.807) is 19.2 Å². The summed E-state index contributed by atoms with van der Waals surface area (Å²) in [6.07, 6.45) is 4.33. The fourth-order valence-corrected chi connectivity index (χ4v) is 3.99. The first-order valence-electron chi connectivity index (χ1n) is 11.0. The molecule has 8 nitrogen and oxygen atoms in total. The van der Waals surface area contributed by atoms with Crippen molar-refractivity contribution in [3.8, 4) is 0 Å². The fourth-order valence-electron chi connectivity index (χ4n) is 3.99. The number of H-pyrrole nitrogens is 1. The van der Waals surface area contributed by atoms with Crippen molar-refractivity contribution in [2.45, 2.75) is 25.4 Å². The molecule has 32 heavy (non-hydrogen) atoms. The number of nitrogens with zero attached hydrogens (tertiary/aromatic N) is 1. The maximum atomic E-state index is 12.8. The van der Waals surface area contributed by atoms with Crippen LogP contribution in [0.4, 0.5) is 0 Å². The van der Waals surface area contributed by atoms with Gasteiger partial charge in [0.15, 0.2) is 0 Å². The number of morpholine rings is 1. The first kappa shape index (κ1) is 22.0. The summed E-state index contributed by atoms with van der Waals surface area (Å²) in [5.41, 5.74) is 3.47. The molecule has 0 radical (unpaired) electrons. The molecule has 1 saturated heterocycles. The molecule has 4 rings (SSSR count). The van der Waals surface area contributed by atoms with Crippen LogP contribution in [0.5, 0.6) is 0 Å². The molecule has 1 atom stereocenters. The molecule has 0 aliphatic carbocycles. The van der Waals surface area contributed by atoms with Crippen LogP contribution in [0, 0.1) is 0 Å². The van der Waals surface area contributed by atoms with Crippen LogP contribution in [0.15, 0.2) is 42.6 Å². The summed E-state index contributed by atoms with van der Waals surface area (Å²) < 4.78 is 5.69. The van der Waals surface area contributed by atoms with Crippen LogP contribution in [0.3, 0.4) is 0 Å². The number of pyridine rings is 1. The van der Waals surface area contributed by atoms with Gasteiger partial charge in [0.1, 0.15) is 5.69 Å². The van der Waals surface area contributed by atoms with Gasteiger partial charge in [0.25, 0.3) is 11.8 Å². The van der Waals surface area contributed by atoms with Crippen LogP contribution in [0.25, 0.3) is 10.9 Å². The minimum Gasteiger partial charge on any atom is -0.376 e. The largest absolute Gasteiger partial charge is 0.376 e. The number of nitrogens with one attached hydrogen (secondary N) is 4. The zero-order valence-electron chi connectivity index (χ0n) is 18.2. The summed E-state index contributed by atoms with van der Waals surface area (Å²) in [5, 5.41) is 9.97. The van der Waals surface area contributed by atoms with Crippen LogP contribution in [-0.4, -0.2) is 61.2 Å². The van der Waals surface area contributed by atoms with Gasteiger partial charge in [-0.15, -0.1) is 0 Å². The van der Waals surface area contributed by atoms with Crippen molar-refractivity contribution in [2.75, 3.05) is 33.3 Å². The molecular weight excluding hydrogens is 406 g/mol. The average Bonchev–Trinajstić information content (AvgIpc) is 3.32. The van der Waals surface area contributed by atoms with Gasteiger partial charge in [0.05, 0.1) is 12.7 Å². The monoisotopic (exact) mass is 435 g/mol. The third-order valence-electron chi connectivity index (χ3n) is 5.65. The highest BCUT2D eigenvalue weighted by molar-refractivity contribution is 5.98. The lowest BCUT2D eigenvalue weighted by Gasteiger charge is -2.23. The maximum absolute atomic E-state index is 12.8. The van der Waals surface area contributed by atoms with Gasteiger partial charge in [-0.05, 0) is 42.7 Å². The van der Waals surface area contributed by atoms with Crippen LogP contribution >= 0.6 is 0 Å². The van der Waals surface area contributed by atoms with Crippen molar-refractivity contribution < 1.29 is 14.3 Å². The normalized spacial score (nSPS) is 16.1. The Morgan fingerprint density at radius 2 is 2.12 bits per heavy atom. The Kier molecular flexibility index (Phi) is 7.14. The van der Waals surface area contributed by atoms with Gasteiger partial charge < -0.3 is 25.7 Å². The van der Waals surface area contributed by atoms with Gasteiger partial charge in [0, 0.05) is 61.5 Å². The van der Waals surface area contributed by atoms with Crippen LogP contribution in [0.1, 0.15) is 44.9 Å². The number of hydrogen-bond donors (Lipinski definition) is 4. The lowest BCUT2D eigenvalue weighted by atomic mass is 10.0. The Hall–Kier alpha value is -3.23. The smallest absolute Gasteiger partial charge is 0.269 e. The van der Waals surface area contributed by atoms with E-state index in [1.807, 2.05) is 30.5 Å². The van der Waals surface area contributed by atoms with Gasteiger partial charge in [-0.3, -0.25) is 9.59 Å². The molecular formula is C24H29N5O3. The first-order valence-corrected chi connectivity index (χ1v) is 11.0. The van der Waals surface area contributed by atoms with E-state index in [1.165, 1.54) is 0 Å². The number of ether oxygens (including phenoxy) is 1. The molecule has 3 heterocycles. The third-order valence-corrected chi connectivity index (χ3v) is 5.65. The minimum absolute atomic E-state index is 0.198. The van der Waals surface area contributed by atoms with Crippen molar-refractivity contribution >= 4 is 22.7 Å². The summed E-state index contributed by atoms with van der Waals surface area (Å²) >= 11 is 0. The van der Waals surface area contributed by atoms with E-state index in [9.17, 15) is 9.59 Å². The van der Waals surface area contributed by atoms with Gasteiger partial charge in [-0.1, -0.05) is 12.1 Å². The highest BCUT2D eigenvalue weighted by atomic mass is 16.5. The number of carbonyl (C=O) groups is 2. The summed E-state index contributed by atoms with van der Waals surface area (Å²) in [5.74, 6) is -0.524. The topological polar surface area (TPSA) is 108 Å². The molecule has 3 aromatic rings. The van der Waals surface area contributed by atoms with Crippen molar-refractivity contribution in [2.24, 2.45) is 0 Å². The van der Waals surface area contributed by atoms with E-state index in [4.69, 9.17) is 4.74 Å². The van der Waals surface area contributed by atoms with Crippen molar-refractivity contribution in [3.05, 3.63) is 65.1 Å². The van der Waals surface area contributed by atoms with Crippen LogP contribution in [-0.2, 0) is 11.2 Å². The summed E-state index contributed by atoms with van der Waals surface area (Å²) in [6, 6.07) is 11.4. The van der Waals surface area contributed by atoms with Crippen molar-refractivity contribution in [1.29, 1.82) is 0 Å².